The van der Waals surface area contributed by atoms with Gasteiger partial charge in [0.15, 0.2) is 0 Å². The predicted molar refractivity (Wildman–Crippen MR) is 84.9 cm³/mol. The van der Waals surface area contributed by atoms with Crippen molar-refractivity contribution >= 4 is 41.5 Å². The second-order valence-electron chi connectivity index (χ2n) is 4.17. The zero-order valence-corrected chi connectivity index (χ0v) is 13.8. The molecule has 0 saturated carbocycles. The van der Waals surface area contributed by atoms with Crippen LogP contribution in [-0.2, 0) is 16.1 Å². The number of likely N-dealkylation sites (N-methyl/N-ethyl adjacent to an activating group) is 1. The molecule has 0 spiro atoms. The van der Waals surface area contributed by atoms with Crippen molar-refractivity contribution < 1.29 is 9.53 Å². The Balaban J connectivity index is 0.00000361. The number of ether oxygens (including phenoxy) is 1. The van der Waals surface area contributed by atoms with Crippen LogP contribution in [0.3, 0.4) is 0 Å². The molecule has 4 nitrogen and oxygen atoms in total. The van der Waals surface area contributed by atoms with Gasteiger partial charge in [0, 0.05) is 27.2 Å². The Labute approximate surface area is 135 Å². The first-order chi connectivity index (χ1) is 9.04. The molecule has 0 aliphatic heterocycles. The van der Waals surface area contributed by atoms with E-state index in [9.17, 15) is 4.79 Å². The molecule has 1 aromatic rings. The molecule has 1 N–H and O–H groups in total. The Morgan fingerprint density at radius 3 is 2.65 bits per heavy atom. The van der Waals surface area contributed by atoms with Gasteiger partial charge in [-0.15, -0.1) is 12.4 Å². The minimum Gasteiger partial charge on any atom is -0.383 e. The van der Waals surface area contributed by atoms with Gasteiger partial charge in [0.05, 0.1) is 23.2 Å². The van der Waals surface area contributed by atoms with Gasteiger partial charge in [0.2, 0.25) is 5.91 Å². The van der Waals surface area contributed by atoms with Gasteiger partial charge >= 0.3 is 0 Å². The Hall–Kier alpha value is -0.520. The van der Waals surface area contributed by atoms with Crippen LogP contribution in [0.25, 0.3) is 0 Å². The van der Waals surface area contributed by atoms with Crippen LogP contribution in [0, 0.1) is 0 Å². The van der Waals surface area contributed by atoms with E-state index in [4.69, 9.17) is 27.9 Å². The lowest BCUT2D eigenvalue weighted by atomic mass is 10.2. The van der Waals surface area contributed by atoms with E-state index in [0.717, 1.165) is 5.56 Å². The molecule has 0 aliphatic carbocycles. The topological polar surface area (TPSA) is 41.6 Å². The minimum absolute atomic E-state index is 0. The van der Waals surface area contributed by atoms with Gasteiger partial charge < -0.3 is 15.0 Å². The second kappa shape index (κ2) is 10.2. The quantitative estimate of drug-likeness (QED) is 0.775. The lowest BCUT2D eigenvalue weighted by Gasteiger charge is -2.18. The van der Waals surface area contributed by atoms with Gasteiger partial charge in [-0.3, -0.25) is 4.79 Å². The van der Waals surface area contributed by atoms with Gasteiger partial charge in [0.25, 0.3) is 0 Å². The SMILES string of the molecule is COCCNCC(=O)N(C)Cc1ccc(Cl)c(Cl)c1.Cl. The number of halogens is 3. The Kier molecular flexibility index (Phi) is 9.98. The van der Waals surface area contributed by atoms with Crippen molar-refractivity contribution in [3.63, 3.8) is 0 Å². The van der Waals surface area contributed by atoms with Crippen LogP contribution < -0.4 is 5.32 Å². The first-order valence-electron chi connectivity index (χ1n) is 5.92. The van der Waals surface area contributed by atoms with Crippen LogP contribution in [0.5, 0.6) is 0 Å². The van der Waals surface area contributed by atoms with Crippen molar-refractivity contribution in [2.45, 2.75) is 6.54 Å². The molecular formula is C13H19Cl3N2O2. The summed E-state index contributed by atoms with van der Waals surface area (Å²) in [7, 11) is 3.38. The number of nitrogens with one attached hydrogen (secondary N) is 1. The van der Waals surface area contributed by atoms with E-state index in [1.807, 2.05) is 6.07 Å². The van der Waals surface area contributed by atoms with Crippen LogP contribution in [0.1, 0.15) is 5.56 Å². The third-order valence-corrected chi connectivity index (χ3v) is 3.33. The van der Waals surface area contributed by atoms with E-state index in [1.165, 1.54) is 0 Å². The van der Waals surface area contributed by atoms with E-state index in [2.05, 4.69) is 5.32 Å². The molecule has 0 atom stereocenters. The summed E-state index contributed by atoms with van der Waals surface area (Å²) in [5.41, 5.74) is 0.946. The highest BCUT2D eigenvalue weighted by molar-refractivity contribution is 6.42. The van der Waals surface area contributed by atoms with Crippen LogP contribution in [0.15, 0.2) is 18.2 Å². The van der Waals surface area contributed by atoms with E-state index in [0.29, 0.717) is 36.3 Å². The number of carbonyl (C=O) groups excluding carboxylic acids is 1. The Bertz CT molecular complexity index is 430. The van der Waals surface area contributed by atoms with Gasteiger partial charge in [-0.1, -0.05) is 29.3 Å². The summed E-state index contributed by atoms with van der Waals surface area (Å²) < 4.78 is 4.89. The van der Waals surface area contributed by atoms with Gasteiger partial charge in [0.1, 0.15) is 0 Å². The number of methoxy groups -OCH3 is 1. The molecule has 0 aliphatic rings. The zero-order chi connectivity index (χ0) is 14.3. The average Bonchev–Trinajstić information content (AvgIpc) is 2.38. The molecule has 1 rings (SSSR count). The maximum atomic E-state index is 11.8. The third-order valence-electron chi connectivity index (χ3n) is 2.59. The molecule has 1 aromatic carbocycles. The van der Waals surface area contributed by atoms with Crippen molar-refractivity contribution in [3.05, 3.63) is 33.8 Å². The fraction of sp³-hybridized carbons (Fsp3) is 0.462. The van der Waals surface area contributed by atoms with Crippen molar-refractivity contribution in [2.75, 3.05) is 33.9 Å². The molecule has 0 aromatic heterocycles. The summed E-state index contributed by atoms with van der Waals surface area (Å²) in [6, 6.07) is 5.36. The highest BCUT2D eigenvalue weighted by Gasteiger charge is 2.09. The highest BCUT2D eigenvalue weighted by Crippen LogP contribution is 2.23. The zero-order valence-electron chi connectivity index (χ0n) is 11.5. The summed E-state index contributed by atoms with van der Waals surface area (Å²) in [5.74, 6) is 0.0159. The monoisotopic (exact) mass is 340 g/mol. The first-order valence-corrected chi connectivity index (χ1v) is 6.67. The number of hydrogen-bond donors (Lipinski definition) is 1. The molecule has 114 valence electrons. The van der Waals surface area contributed by atoms with E-state index in [-0.39, 0.29) is 18.3 Å². The van der Waals surface area contributed by atoms with Crippen LogP contribution >= 0.6 is 35.6 Å². The Morgan fingerprint density at radius 1 is 1.35 bits per heavy atom. The molecule has 0 saturated heterocycles. The van der Waals surface area contributed by atoms with Crippen molar-refractivity contribution in [1.82, 2.24) is 10.2 Å². The van der Waals surface area contributed by atoms with E-state index >= 15 is 0 Å². The van der Waals surface area contributed by atoms with Gasteiger partial charge in [-0.2, -0.15) is 0 Å². The fourth-order valence-corrected chi connectivity index (χ4v) is 1.83. The summed E-state index contributed by atoms with van der Waals surface area (Å²) in [6.07, 6.45) is 0. The normalized spacial score (nSPS) is 10.0. The van der Waals surface area contributed by atoms with E-state index < -0.39 is 0 Å². The lowest BCUT2D eigenvalue weighted by molar-refractivity contribution is -0.129. The first kappa shape index (κ1) is 19.5. The van der Waals surface area contributed by atoms with Crippen LogP contribution in [-0.4, -0.2) is 44.7 Å². The molecule has 7 heteroatoms. The molecule has 0 bridgehead atoms. The maximum Gasteiger partial charge on any atom is 0.236 e. The maximum absolute atomic E-state index is 11.8. The number of amides is 1. The largest absolute Gasteiger partial charge is 0.383 e. The summed E-state index contributed by atoms with van der Waals surface area (Å²) in [6.45, 7) is 2.04. The van der Waals surface area contributed by atoms with Crippen molar-refractivity contribution in [1.29, 1.82) is 0 Å². The van der Waals surface area contributed by atoms with Crippen molar-refractivity contribution in [2.24, 2.45) is 0 Å². The number of carbonyl (C=O) groups is 1. The third kappa shape index (κ3) is 6.77. The number of hydrogen-bond acceptors (Lipinski definition) is 3. The van der Waals surface area contributed by atoms with Crippen LogP contribution in [0.2, 0.25) is 10.0 Å². The average molecular weight is 342 g/mol. The van der Waals surface area contributed by atoms with Gasteiger partial charge in [-0.25, -0.2) is 0 Å². The van der Waals surface area contributed by atoms with E-state index in [1.54, 1.807) is 31.2 Å². The van der Waals surface area contributed by atoms with Crippen LogP contribution in [0.4, 0.5) is 0 Å². The molecule has 0 radical (unpaired) electrons. The molecule has 0 unspecified atom stereocenters. The highest BCUT2D eigenvalue weighted by atomic mass is 35.5. The molecular weight excluding hydrogens is 323 g/mol. The fourth-order valence-electron chi connectivity index (χ4n) is 1.50. The second-order valence-corrected chi connectivity index (χ2v) is 4.98. The smallest absolute Gasteiger partial charge is 0.236 e. The lowest BCUT2D eigenvalue weighted by Crippen LogP contribution is -2.36. The molecule has 0 heterocycles. The summed E-state index contributed by atoms with van der Waals surface area (Å²) in [4.78, 5) is 13.5. The predicted octanol–water partition coefficient (Wildman–Crippen LogP) is 2.61. The minimum atomic E-state index is 0. The molecule has 1 amide bonds. The molecule has 0 fully saturated rings. The molecule has 20 heavy (non-hydrogen) atoms. The van der Waals surface area contributed by atoms with Gasteiger partial charge in [-0.05, 0) is 17.7 Å². The number of nitrogens with zero attached hydrogens (tertiary/aromatic N) is 1. The summed E-state index contributed by atoms with van der Waals surface area (Å²) >= 11 is 11.8. The number of rotatable bonds is 7. The number of benzene rings is 1. The summed E-state index contributed by atoms with van der Waals surface area (Å²) in [5, 5.41) is 4.02. The van der Waals surface area contributed by atoms with Crippen molar-refractivity contribution in [3.8, 4) is 0 Å². The standard InChI is InChI=1S/C13H18Cl2N2O2.ClH/c1-17(13(18)8-16-5-6-19-2)9-10-3-4-11(14)12(15)7-10;/h3-4,7,16H,5-6,8-9H2,1-2H3;1H. The Morgan fingerprint density at radius 2 is 2.05 bits per heavy atom.